The van der Waals surface area contributed by atoms with Crippen molar-refractivity contribution in [1.82, 2.24) is 8.87 Å². The van der Waals surface area contributed by atoms with Crippen LogP contribution in [0.25, 0.3) is 12.2 Å². The monoisotopic (exact) mass is 435 g/mol. The van der Waals surface area contributed by atoms with E-state index in [1.54, 1.807) is 34.3 Å². The summed E-state index contributed by atoms with van der Waals surface area (Å²) in [7, 11) is -3.73. The molecule has 0 amide bonds. The van der Waals surface area contributed by atoms with Gasteiger partial charge in [-0.25, -0.2) is 0 Å². The minimum Gasteiger partial charge on any atom is -0.395 e. The normalized spacial score (nSPS) is 22.3. The molecular weight excluding hydrogens is 408 g/mol. The molecule has 1 N–H and O–H groups in total. The quantitative estimate of drug-likeness (QED) is 0.573. The summed E-state index contributed by atoms with van der Waals surface area (Å²) in [5, 5.41) is 9.74. The molecule has 2 aliphatic carbocycles. The van der Waals surface area contributed by atoms with Gasteiger partial charge in [0, 0.05) is 30.8 Å². The molecular formula is C25H27N2O3S+. The van der Waals surface area contributed by atoms with E-state index < -0.39 is 10.0 Å². The van der Waals surface area contributed by atoms with Crippen LogP contribution in [0.15, 0.2) is 53.0 Å². The third-order valence-corrected chi connectivity index (χ3v) is 8.46. The lowest BCUT2D eigenvalue weighted by Crippen LogP contribution is -2.42. The molecule has 0 spiro atoms. The van der Waals surface area contributed by atoms with E-state index in [2.05, 4.69) is 24.0 Å². The molecule has 160 valence electrons. The topological polar surface area (TPSA) is 62.5 Å². The predicted octanol–water partition coefficient (Wildman–Crippen LogP) is 3.82. The first-order chi connectivity index (χ1) is 15.1. The van der Waals surface area contributed by atoms with Crippen LogP contribution in [0.1, 0.15) is 48.3 Å². The summed E-state index contributed by atoms with van der Waals surface area (Å²) in [5.74, 6) is 0.324. The molecule has 1 aromatic carbocycles. The second kappa shape index (κ2) is 7.88. The Labute approximate surface area is 184 Å². The Kier molecular flexibility index (Phi) is 5.19. The third kappa shape index (κ3) is 3.22. The van der Waals surface area contributed by atoms with Gasteiger partial charge >= 0.3 is 0 Å². The molecule has 31 heavy (non-hydrogen) atoms. The number of hydrogen-bond acceptors (Lipinski definition) is 4. The minimum absolute atomic E-state index is 0.0725. The summed E-state index contributed by atoms with van der Waals surface area (Å²) in [4.78, 5) is 2.63. The maximum Gasteiger partial charge on any atom is 0.279 e. The van der Waals surface area contributed by atoms with Gasteiger partial charge in [-0.05, 0) is 37.3 Å². The van der Waals surface area contributed by atoms with Crippen molar-refractivity contribution in [2.24, 2.45) is 5.92 Å². The van der Waals surface area contributed by atoms with Crippen LogP contribution in [0, 0.1) is 12.0 Å². The van der Waals surface area contributed by atoms with E-state index in [1.807, 2.05) is 18.2 Å². The fourth-order valence-corrected chi connectivity index (χ4v) is 6.96. The largest absolute Gasteiger partial charge is 0.395 e. The zero-order valence-corrected chi connectivity index (χ0v) is 18.5. The molecule has 0 radical (unpaired) electrons. The highest BCUT2D eigenvalue weighted by atomic mass is 32.2. The fraction of sp³-hybridized carbons (Fsp3) is 0.360. The fourth-order valence-electron chi connectivity index (χ4n) is 5.36. The number of rotatable bonds is 5. The Hall–Kier alpha value is -2.50. The number of aliphatic hydroxyl groups excluding tert-OH is 1. The number of nitrogens with zero attached hydrogens (tertiary/aromatic N) is 2. The maximum atomic E-state index is 13.7. The molecule has 0 saturated heterocycles. The zero-order chi connectivity index (χ0) is 21.6. The van der Waals surface area contributed by atoms with Crippen LogP contribution < -0.4 is 0 Å². The van der Waals surface area contributed by atoms with Gasteiger partial charge in [-0.15, -0.1) is 0 Å². The van der Waals surface area contributed by atoms with Crippen LogP contribution in [-0.4, -0.2) is 42.1 Å². The van der Waals surface area contributed by atoms with Gasteiger partial charge in [-0.3, -0.25) is 4.90 Å². The molecule has 6 heteroatoms. The molecule has 2 aromatic rings. The second-order valence-electron chi connectivity index (χ2n) is 8.41. The summed E-state index contributed by atoms with van der Waals surface area (Å²) < 4.78 is 29.0. The molecule has 5 rings (SSSR count). The van der Waals surface area contributed by atoms with Crippen molar-refractivity contribution in [2.75, 3.05) is 19.7 Å². The van der Waals surface area contributed by atoms with Gasteiger partial charge in [0.15, 0.2) is 5.69 Å². The first kappa shape index (κ1) is 20.4. The lowest BCUT2D eigenvalue weighted by atomic mass is 9.76. The van der Waals surface area contributed by atoms with E-state index in [1.165, 1.54) is 5.57 Å². The lowest BCUT2D eigenvalue weighted by molar-refractivity contribution is 0.115. The van der Waals surface area contributed by atoms with E-state index in [0.717, 1.165) is 36.2 Å². The van der Waals surface area contributed by atoms with Crippen molar-refractivity contribution >= 4 is 22.2 Å². The molecule has 0 bridgehead atoms. The van der Waals surface area contributed by atoms with Crippen molar-refractivity contribution in [3.8, 4) is 0 Å². The summed E-state index contributed by atoms with van der Waals surface area (Å²) in [5.41, 5.74) is 5.02. The van der Waals surface area contributed by atoms with Crippen LogP contribution in [0.4, 0.5) is 0 Å². The first-order valence-corrected chi connectivity index (χ1v) is 12.4. The lowest BCUT2D eigenvalue weighted by Gasteiger charge is -2.43. The van der Waals surface area contributed by atoms with Gasteiger partial charge in [-0.2, -0.15) is 12.4 Å². The van der Waals surface area contributed by atoms with Gasteiger partial charge in [0.05, 0.1) is 23.3 Å². The van der Waals surface area contributed by atoms with Crippen molar-refractivity contribution in [2.45, 2.75) is 37.1 Å². The SMILES string of the molecule is CCC1=C[C@H]2CCc3c(c4c(n3S(=O)(=O)c3ccccc3)C=[C+]C=C4)[C@@H]2N(CCO)C1. The summed E-state index contributed by atoms with van der Waals surface area (Å²) in [6.45, 7) is 3.65. The molecule has 3 aliphatic rings. The highest BCUT2D eigenvalue weighted by Gasteiger charge is 2.44. The van der Waals surface area contributed by atoms with E-state index in [-0.39, 0.29) is 12.6 Å². The number of β-amino-alcohol motifs (C(OH)–C–C–N with tert-alkyl or cyclic N) is 1. The molecule has 1 aliphatic heterocycles. The van der Waals surface area contributed by atoms with Crippen LogP contribution in [0.3, 0.4) is 0 Å². The van der Waals surface area contributed by atoms with Crippen molar-refractivity contribution in [1.29, 1.82) is 0 Å². The number of allylic oxidation sites excluding steroid dienone is 2. The third-order valence-electron chi connectivity index (χ3n) is 6.70. The Balaban J connectivity index is 1.74. The highest BCUT2D eigenvalue weighted by molar-refractivity contribution is 7.90. The Morgan fingerprint density at radius 2 is 2.03 bits per heavy atom. The number of fused-ring (bicyclic) bond motifs is 5. The summed E-state index contributed by atoms with van der Waals surface area (Å²) in [6.07, 6.45) is 13.7. The molecule has 2 heterocycles. The zero-order valence-electron chi connectivity index (χ0n) is 17.7. The average molecular weight is 436 g/mol. The Morgan fingerprint density at radius 3 is 2.77 bits per heavy atom. The van der Waals surface area contributed by atoms with Crippen LogP contribution in [0.2, 0.25) is 0 Å². The maximum absolute atomic E-state index is 13.7. The van der Waals surface area contributed by atoms with E-state index in [4.69, 9.17) is 0 Å². The molecule has 0 unspecified atom stereocenters. The highest BCUT2D eigenvalue weighted by Crippen LogP contribution is 2.48. The standard InChI is InChI=1S/C25H27N2O3S/c1-2-18-16-19-12-13-23-24(25(19)26(17-18)14-15-28)21-10-6-7-11-22(21)27(23)31(29,30)20-8-4-3-5-9-20/h3-6,8-11,16,19,25,28H,2,12-15,17H2,1H3/q+1/t19-,25-/m1/s1. The number of hydrogen-bond donors (Lipinski definition) is 1. The summed E-state index contributed by atoms with van der Waals surface area (Å²) in [6, 6.07) is 8.72. The van der Waals surface area contributed by atoms with Gasteiger partial charge in [0.2, 0.25) is 0 Å². The number of aliphatic hydroxyl groups is 1. The van der Waals surface area contributed by atoms with Gasteiger partial charge in [-0.1, -0.05) is 36.8 Å². The molecule has 5 nitrogen and oxygen atoms in total. The molecule has 0 fully saturated rings. The summed E-state index contributed by atoms with van der Waals surface area (Å²) >= 11 is 0. The van der Waals surface area contributed by atoms with Crippen molar-refractivity contribution < 1.29 is 13.5 Å². The van der Waals surface area contributed by atoms with Crippen molar-refractivity contribution in [3.63, 3.8) is 0 Å². The van der Waals surface area contributed by atoms with E-state index >= 15 is 0 Å². The number of benzene rings is 1. The van der Waals surface area contributed by atoms with Crippen LogP contribution in [-0.2, 0) is 16.4 Å². The average Bonchev–Trinajstić information content (AvgIpc) is 3.15. The second-order valence-corrected chi connectivity index (χ2v) is 10.2. The number of aromatic nitrogens is 1. The smallest absolute Gasteiger partial charge is 0.279 e. The van der Waals surface area contributed by atoms with Crippen LogP contribution in [0.5, 0.6) is 0 Å². The first-order valence-electron chi connectivity index (χ1n) is 10.9. The molecule has 0 saturated carbocycles. The van der Waals surface area contributed by atoms with Gasteiger partial charge in [0.1, 0.15) is 17.7 Å². The Morgan fingerprint density at radius 1 is 1.23 bits per heavy atom. The molecule has 1 aromatic heterocycles. The predicted molar refractivity (Wildman–Crippen MR) is 122 cm³/mol. The van der Waals surface area contributed by atoms with E-state index in [9.17, 15) is 13.5 Å². The van der Waals surface area contributed by atoms with Gasteiger partial charge < -0.3 is 5.11 Å². The van der Waals surface area contributed by atoms with E-state index in [0.29, 0.717) is 29.5 Å². The Bertz CT molecular complexity index is 1190. The van der Waals surface area contributed by atoms with Crippen LogP contribution >= 0.6 is 0 Å². The van der Waals surface area contributed by atoms with Crippen molar-refractivity contribution in [3.05, 3.63) is 76.6 Å². The van der Waals surface area contributed by atoms with Gasteiger partial charge in [0.25, 0.3) is 10.0 Å². The minimum atomic E-state index is -3.73. The molecule has 2 atom stereocenters.